The lowest BCUT2D eigenvalue weighted by molar-refractivity contribution is 0.354. The molecule has 1 aliphatic heterocycles. The summed E-state index contributed by atoms with van der Waals surface area (Å²) in [6.45, 7) is 1.66. The van der Waals surface area contributed by atoms with Crippen LogP contribution in [0.5, 0.6) is 11.5 Å². The Morgan fingerprint density at radius 3 is 2.69 bits per heavy atom. The zero-order valence-electron chi connectivity index (χ0n) is 9.43. The van der Waals surface area contributed by atoms with Crippen molar-refractivity contribution in [2.75, 3.05) is 20.8 Å². The summed E-state index contributed by atoms with van der Waals surface area (Å²) in [6.07, 6.45) is 0. The van der Waals surface area contributed by atoms with Gasteiger partial charge in [-0.2, -0.15) is 5.26 Å². The summed E-state index contributed by atoms with van der Waals surface area (Å²) < 4.78 is 10.4. The molecule has 0 radical (unpaired) electrons. The van der Waals surface area contributed by atoms with Gasteiger partial charge in [0.25, 0.3) is 0 Å². The second-order valence-electron chi connectivity index (χ2n) is 3.76. The first-order valence-corrected chi connectivity index (χ1v) is 5.13. The minimum absolute atomic E-state index is 0.0908. The van der Waals surface area contributed by atoms with Crippen LogP contribution < -0.4 is 9.47 Å². The summed E-state index contributed by atoms with van der Waals surface area (Å²) in [5, 5.41) is 8.70. The van der Waals surface area contributed by atoms with E-state index < -0.39 is 0 Å². The molecule has 4 nitrogen and oxygen atoms in total. The lowest BCUT2D eigenvalue weighted by Gasteiger charge is -2.09. The van der Waals surface area contributed by atoms with Crippen molar-refractivity contribution < 1.29 is 9.47 Å². The van der Waals surface area contributed by atoms with Crippen molar-refractivity contribution in [2.24, 2.45) is 0 Å². The number of methoxy groups -OCH3 is 2. The van der Waals surface area contributed by atoms with E-state index in [-0.39, 0.29) is 6.04 Å². The minimum atomic E-state index is 0.0908. The molecule has 84 valence electrons. The molecule has 2 rings (SSSR count). The van der Waals surface area contributed by atoms with Crippen LogP contribution in [0.3, 0.4) is 0 Å². The van der Waals surface area contributed by atoms with Gasteiger partial charge in [-0.25, -0.2) is 0 Å². The molecule has 0 amide bonds. The summed E-state index contributed by atoms with van der Waals surface area (Å²) in [7, 11) is 3.24. The maximum atomic E-state index is 8.70. The molecule has 2 atom stereocenters. The van der Waals surface area contributed by atoms with Gasteiger partial charge in [-0.1, -0.05) is 6.07 Å². The predicted octanol–water partition coefficient (Wildman–Crippen LogP) is 1.41. The highest BCUT2D eigenvalue weighted by Gasteiger charge is 2.33. The second kappa shape index (κ2) is 4.42. The van der Waals surface area contributed by atoms with Crippen molar-refractivity contribution in [1.82, 2.24) is 4.90 Å². The van der Waals surface area contributed by atoms with Gasteiger partial charge < -0.3 is 9.47 Å². The highest BCUT2D eigenvalue weighted by Crippen LogP contribution is 2.29. The summed E-state index contributed by atoms with van der Waals surface area (Å²) >= 11 is 0. The van der Waals surface area contributed by atoms with Crippen molar-refractivity contribution in [2.45, 2.75) is 12.6 Å². The number of nitriles is 1. The second-order valence-corrected chi connectivity index (χ2v) is 3.76. The Labute approximate surface area is 95.0 Å². The van der Waals surface area contributed by atoms with Gasteiger partial charge in [0.1, 0.15) is 6.04 Å². The Hall–Kier alpha value is -1.73. The summed E-state index contributed by atoms with van der Waals surface area (Å²) in [5.74, 6) is 1.46. The zero-order valence-corrected chi connectivity index (χ0v) is 9.43. The van der Waals surface area contributed by atoms with Crippen LogP contribution in [0, 0.1) is 11.3 Å². The van der Waals surface area contributed by atoms with Crippen LogP contribution in [0.1, 0.15) is 5.56 Å². The lowest BCUT2D eigenvalue weighted by Crippen LogP contribution is -2.01. The number of nitrogens with zero attached hydrogens (tertiary/aromatic N) is 2. The topological polar surface area (TPSA) is 45.3 Å². The van der Waals surface area contributed by atoms with Crippen LogP contribution in [0.25, 0.3) is 0 Å². The van der Waals surface area contributed by atoms with E-state index >= 15 is 0 Å². The van der Waals surface area contributed by atoms with Gasteiger partial charge in [-0.05, 0) is 17.7 Å². The number of benzene rings is 1. The van der Waals surface area contributed by atoms with E-state index in [0.717, 1.165) is 30.2 Å². The first-order valence-electron chi connectivity index (χ1n) is 5.13. The molecule has 1 saturated heterocycles. The van der Waals surface area contributed by atoms with Crippen molar-refractivity contribution in [1.29, 1.82) is 5.26 Å². The maximum absolute atomic E-state index is 8.70. The third kappa shape index (κ3) is 2.10. The monoisotopic (exact) mass is 218 g/mol. The van der Waals surface area contributed by atoms with E-state index in [4.69, 9.17) is 14.7 Å². The largest absolute Gasteiger partial charge is 0.493 e. The molecular formula is C12H14N2O2. The SMILES string of the molecule is COc1ccc(CN2CC2C#N)cc1OC. The van der Waals surface area contributed by atoms with Crippen molar-refractivity contribution >= 4 is 0 Å². The third-order valence-electron chi connectivity index (χ3n) is 2.70. The van der Waals surface area contributed by atoms with E-state index in [1.165, 1.54) is 0 Å². The zero-order chi connectivity index (χ0) is 11.5. The molecule has 0 saturated carbocycles. The molecule has 16 heavy (non-hydrogen) atoms. The molecule has 1 fully saturated rings. The molecule has 0 N–H and O–H groups in total. The Kier molecular flexibility index (Phi) is 2.97. The fourth-order valence-electron chi connectivity index (χ4n) is 1.69. The van der Waals surface area contributed by atoms with Crippen molar-refractivity contribution in [3.63, 3.8) is 0 Å². The molecule has 0 aromatic heterocycles. The molecule has 1 heterocycles. The Bertz CT molecular complexity index is 426. The van der Waals surface area contributed by atoms with Gasteiger partial charge >= 0.3 is 0 Å². The van der Waals surface area contributed by atoms with Crippen LogP contribution in [-0.4, -0.2) is 31.7 Å². The molecule has 2 unspecified atom stereocenters. The third-order valence-corrected chi connectivity index (χ3v) is 2.70. The van der Waals surface area contributed by atoms with Gasteiger partial charge in [0.05, 0.1) is 20.3 Å². The van der Waals surface area contributed by atoms with E-state index in [1.807, 2.05) is 18.2 Å². The smallest absolute Gasteiger partial charge is 0.161 e. The van der Waals surface area contributed by atoms with E-state index in [9.17, 15) is 0 Å². The fraction of sp³-hybridized carbons (Fsp3) is 0.417. The van der Waals surface area contributed by atoms with Gasteiger partial charge in [0, 0.05) is 13.1 Å². The van der Waals surface area contributed by atoms with Gasteiger partial charge in [-0.3, -0.25) is 4.90 Å². The average molecular weight is 218 g/mol. The van der Waals surface area contributed by atoms with Crippen LogP contribution in [-0.2, 0) is 6.54 Å². The Balaban J connectivity index is 2.08. The van der Waals surface area contributed by atoms with E-state index in [2.05, 4.69) is 11.0 Å². The highest BCUT2D eigenvalue weighted by atomic mass is 16.5. The van der Waals surface area contributed by atoms with E-state index in [0.29, 0.717) is 0 Å². The van der Waals surface area contributed by atoms with E-state index in [1.54, 1.807) is 14.2 Å². The fourth-order valence-corrected chi connectivity index (χ4v) is 1.69. The van der Waals surface area contributed by atoms with Crippen LogP contribution >= 0.6 is 0 Å². The molecule has 1 aromatic rings. The molecular weight excluding hydrogens is 204 g/mol. The maximum Gasteiger partial charge on any atom is 0.161 e. The van der Waals surface area contributed by atoms with Crippen LogP contribution in [0.15, 0.2) is 18.2 Å². The summed E-state index contributed by atoms with van der Waals surface area (Å²) in [6, 6.07) is 8.15. The molecule has 1 aromatic carbocycles. The molecule has 4 heteroatoms. The molecule has 0 bridgehead atoms. The Morgan fingerprint density at radius 1 is 1.38 bits per heavy atom. The minimum Gasteiger partial charge on any atom is -0.493 e. The summed E-state index contributed by atoms with van der Waals surface area (Å²) in [5.41, 5.74) is 1.13. The number of rotatable bonds is 4. The first-order chi connectivity index (χ1) is 7.78. The van der Waals surface area contributed by atoms with Gasteiger partial charge in [-0.15, -0.1) is 0 Å². The van der Waals surface area contributed by atoms with Gasteiger partial charge in [0.2, 0.25) is 0 Å². The number of hydrogen-bond donors (Lipinski definition) is 0. The number of ether oxygens (including phenoxy) is 2. The van der Waals surface area contributed by atoms with Crippen LogP contribution in [0.2, 0.25) is 0 Å². The normalized spacial score (nSPS) is 22.3. The average Bonchev–Trinajstić information content (AvgIpc) is 3.07. The molecule has 0 aliphatic carbocycles. The number of hydrogen-bond acceptors (Lipinski definition) is 4. The van der Waals surface area contributed by atoms with Crippen molar-refractivity contribution in [3.8, 4) is 17.6 Å². The highest BCUT2D eigenvalue weighted by molar-refractivity contribution is 5.43. The standard InChI is InChI=1S/C12H14N2O2/c1-15-11-4-3-9(5-12(11)16-2)7-14-8-10(14)6-13/h3-5,10H,7-8H2,1-2H3. The summed E-state index contributed by atoms with van der Waals surface area (Å²) in [4.78, 5) is 2.10. The van der Waals surface area contributed by atoms with Crippen molar-refractivity contribution in [3.05, 3.63) is 23.8 Å². The lowest BCUT2D eigenvalue weighted by atomic mass is 10.2. The predicted molar refractivity (Wildman–Crippen MR) is 59.4 cm³/mol. The quantitative estimate of drug-likeness (QED) is 0.717. The molecule has 0 spiro atoms. The van der Waals surface area contributed by atoms with Crippen LogP contribution in [0.4, 0.5) is 0 Å². The Morgan fingerprint density at radius 2 is 2.12 bits per heavy atom. The van der Waals surface area contributed by atoms with Gasteiger partial charge in [0.15, 0.2) is 11.5 Å². The first kappa shape index (κ1) is 10.8. The molecule has 1 aliphatic rings.